The van der Waals surface area contributed by atoms with Crippen LogP contribution in [-0.4, -0.2) is 36.3 Å². The Kier molecular flexibility index (Phi) is 6.18. The molecule has 158 valence electrons. The zero-order valence-electron chi connectivity index (χ0n) is 17.8. The minimum atomic E-state index is -1.03. The average molecular weight is 406 g/mol. The molecule has 5 heteroatoms. The van der Waals surface area contributed by atoms with Gasteiger partial charge in [0.05, 0.1) is 11.4 Å². The summed E-state index contributed by atoms with van der Waals surface area (Å²) in [5.41, 5.74) is 0.437. The second-order valence-electron chi connectivity index (χ2n) is 8.43. The quantitative estimate of drug-likeness (QED) is 0.630. The highest BCUT2D eigenvalue weighted by Crippen LogP contribution is 2.42. The molecule has 2 aliphatic heterocycles. The lowest BCUT2D eigenvalue weighted by molar-refractivity contribution is -0.137. The standard InChI is InChI=1S/C25H31N3O2/c1-2-3-17-25(20-26-18-11-6-12-19-26)23(29)27(21-13-7-4-8-14-21)28(24(25)30)22-15-9-5-10-16-22/h4-5,7-10,13-16H,2-3,6,11-12,17-20H2,1H3. The Morgan fingerprint density at radius 2 is 1.27 bits per heavy atom. The van der Waals surface area contributed by atoms with Crippen LogP contribution in [0.5, 0.6) is 0 Å². The molecule has 2 heterocycles. The number of carbonyl (C=O) groups excluding carboxylic acids is 2. The summed E-state index contributed by atoms with van der Waals surface area (Å²) in [5, 5.41) is 3.22. The predicted octanol–water partition coefficient (Wildman–Crippen LogP) is 4.64. The number of nitrogens with zero attached hydrogens (tertiary/aromatic N) is 3. The second kappa shape index (κ2) is 9.00. The topological polar surface area (TPSA) is 43.9 Å². The van der Waals surface area contributed by atoms with Crippen molar-refractivity contribution in [1.29, 1.82) is 0 Å². The van der Waals surface area contributed by atoms with Crippen molar-refractivity contribution in [2.75, 3.05) is 29.7 Å². The molecule has 2 amide bonds. The molecule has 4 rings (SSSR count). The number of benzene rings is 2. The van der Waals surface area contributed by atoms with E-state index in [-0.39, 0.29) is 11.8 Å². The molecule has 0 atom stereocenters. The number of hydrazine groups is 1. The van der Waals surface area contributed by atoms with Crippen molar-refractivity contribution < 1.29 is 9.59 Å². The van der Waals surface area contributed by atoms with Gasteiger partial charge in [-0.15, -0.1) is 0 Å². The van der Waals surface area contributed by atoms with Crippen LogP contribution in [0.1, 0.15) is 45.4 Å². The highest BCUT2D eigenvalue weighted by atomic mass is 16.2. The van der Waals surface area contributed by atoms with Crippen LogP contribution < -0.4 is 10.0 Å². The molecule has 2 saturated heterocycles. The van der Waals surface area contributed by atoms with Crippen molar-refractivity contribution >= 4 is 23.2 Å². The Morgan fingerprint density at radius 1 is 0.767 bits per heavy atom. The number of likely N-dealkylation sites (tertiary alicyclic amines) is 1. The number of carbonyl (C=O) groups is 2. The van der Waals surface area contributed by atoms with E-state index in [4.69, 9.17) is 0 Å². The van der Waals surface area contributed by atoms with Crippen molar-refractivity contribution in [3.8, 4) is 0 Å². The molecule has 2 aliphatic rings. The van der Waals surface area contributed by atoms with Crippen LogP contribution >= 0.6 is 0 Å². The first-order valence-electron chi connectivity index (χ1n) is 11.2. The van der Waals surface area contributed by atoms with Gasteiger partial charge in [0.1, 0.15) is 5.41 Å². The third-order valence-corrected chi connectivity index (χ3v) is 6.30. The van der Waals surface area contributed by atoms with Crippen molar-refractivity contribution in [3.63, 3.8) is 0 Å². The lowest BCUT2D eigenvalue weighted by Crippen LogP contribution is -2.48. The summed E-state index contributed by atoms with van der Waals surface area (Å²) in [4.78, 5) is 30.4. The van der Waals surface area contributed by atoms with Crippen molar-refractivity contribution in [2.45, 2.75) is 45.4 Å². The van der Waals surface area contributed by atoms with E-state index in [0.29, 0.717) is 13.0 Å². The summed E-state index contributed by atoms with van der Waals surface area (Å²) in [6.45, 7) is 4.55. The maximum atomic E-state index is 14.0. The van der Waals surface area contributed by atoms with E-state index in [1.165, 1.54) is 6.42 Å². The minimum Gasteiger partial charge on any atom is -0.302 e. The van der Waals surface area contributed by atoms with Crippen LogP contribution in [0.15, 0.2) is 60.7 Å². The van der Waals surface area contributed by atoms with Crippen LogP contribution in [-0.2, 0) is 9.59 Å². The van der Waals surface area contributed by atoms with Crippen LogP contribution in [0.4, 0.5) is 11.4 Å². The number of amides is 2. The normalized spacial score (nSPS) is 19.5. The summed E-state index contributed by atoms with van der Waals surface area (Å²) >= 11 is 0. The Morgan fingerprint density at radius 3 is 1.73 bits per heavy atom. The fourth-order valence-electron chi connectivity index (χ4n) is 4.69. The number of piperidine rings is 1. The Balaban J connectivity index is 1.79. The largest absolute Gasteiger partial charge is 0.302 e. The summed E-state index contributed by atoms with van der Waals surface area (Å²) in [5.74, 6) is -0.192. The van der Waals surface area contributed by atoms with Gasteiger partial charge in [0.25, 0.3) is 11.8 Å². The molecule has 2 aromatic carbocycles. The summed E-state index contributed by atoms with van der Waals surface area (Å²) in [6, 6.07) is 19.1. The fourth-order valence-corrected chi connectivity index (χ4v) is 4.69. The zero-order valence-corrected chi connectivity index (χ0v) is 17.8. The Labute approximate surface area is 179 Å². The van der Waals surface area contributed by atoms with Gasteiger partial charge in [0.2, 0.25) is 0 Å². The van der Waals surface area contributed by atoms with E-state index >= 15 is 0 Å². The van der Waals surface area contributed by atoms with Gasteiger partial charge in [0, 0.05) is 6.54 Å². The number of para-hydroxylation sites is 2. The van der Waals surface area contributed by atoms with E-state index < -0.39 is 5.41 Å². The molecule has 0 N–H and O–H groups in total. The van der Waals surface area contributed by atoms with Gasteiger partial charge >= 0.3 is 0 Å². The highest BCUT2D eigenvalue weighted by Gasteiger charge is 2.59. The van der Waals surface area contributed by atoms with Crippen molar-refractivity contribution in [1.82, 2.24) is 4.90 Å². The highest BCUT2D eigenvalue weighted by molar-refractivity contribution is 6.26. The van der Waals surface area contributed by atoms with Gasteiger partial charge < -0.3 is 4.90 Å². The number of rotatable bonds is 7. The molecule has 5 nitrogen and oxygen atoms in total. The molecule has 30 heavy (non-hydrogen) atoms. The molecule has 0 spiro atoms. The van der Waals surface area contributed by atoms with E-state index in [1.807, 2.05) is 60.7 Å². The fraction of sp³-hybridized carbons (Fsp3) is 0.440. The SMILES string of the molecule is CCCCC1(CN2CCCCC2)C(=O)N(c2ccccc2)N(c2ccccc2)C1=O. The summed E-state index contributed by atoms with van der Waals surface area (Å²) < 4.78 is 0. The van der Waals surface area contributed by atoms with E-state index in [1.54, 1.807) is 10.0 Å². The molecular formula is C25H31N3O2. The first-order valence-corrected chi connectivity index (χ1v) is 11.2. The van der Waals surface area contributed by atoms with Crippen molar-refractivity contribution in [3.05, 3.63) is 60.7 Å². The number of hydrogen-bond donors (Lipinski definition) is 0. The molecule has 0 aromatic heterocycles. The zero-order chi connectivity index (χ0) is 21.0. The first-order chi connectivity index (χ1) is 14.7. The molecule has 0 saturated carbocycles. The molecule has 0 bridgehead atoms. The Hall–Kier alpha value is -2.66. The molecule has 0 unspecified atom stereocenters. The summed E-state index contributed by atoms with van der Waals surface area (Å²) in [6.07, 6.45) is 5.90. The van der Waals surface area contributed by atoms with Crippen LogP contribution in [0.3, 0.4) is 0 Å². The van der Waals surface area contributed by atoms with Gasteiger partial charge in [0.15, 0.2) is 0 Å². The van der Waals surface area contributed by atoms with E-state index in [2.05, 4.69) is 11.8 Å². The molecule has 2 fully saturated rings. The lowest BCUT2D eigenvalue weighted by Gasteiger charge is -2.34. The van der Waals surface area contributed by atoms with E-state index in [9.17, 15) is 9.59 Å². The monoisotopic (exact) mass is 405 g/mol. The van der Waals surface area contributed by atoms with Crippen LogP contribution in [0.25, 0.3) is 0 Å². The number of anilines is 2. The third kappa shape index (κ3) is 3.74. The average Bonchev–Trinajstić information content (AvgIpc) is 3.01. The van der Waals surface area contributed by atoms with Gasteiger partial charge in [-0.25, -0.2) is 10.0 Å². The van der Waals surface area contributed by atoms with Gasteiger partial charge in [-0.05, 0) is 56.6 Å². The van der Waals surface area contributed by atoms with Crippen molar-refractivity contribution in [2.24, 2.45) is 5.41 Å². The lowest BCUT2D eigenvalue weighted by atomic mass is 9.80. The van der Waals surface area contributed by atoms with Gasteiger partial charge in [-0.3, -0.25) is 9.59 Å². The molecule has 0 radical (unpaired) electrons. The predicted molar refractivity (Wildman–Crippen MR) is 120 cm³/mol. The summed E-state index contributed by atoms with van der Waals surface area (Å²) in [7, 11) is 0. The maximum Gasteiger partial charge on any atom is 0.263 e. The number of hydrogen-bond acceptors (Lipinski definition) is 3. The van der Waals surface area contributed by atoms with Crippen LogP contribution in [0, 0.1) is 5.41 Å². The molecular weight excluding hydrogens is 374 g/mol. The molecule has 2 aromatic rings. The van der Waals surface area contributed by atoms with Crippen LogP contribution in [0.2, 0.25) is 0 Å². The van der Waals surface area contributed by atoms with Gasteiger partial charge in [-0.2, -0.15) is 0 Å². The number of unbranched alkanes of at least 4 members (excludes halogenated alkanes) is 1. The third-order valence-electron chi connectivity index (χ3n) is 6.30. The smallest absolute Gasteiger partial charge is 0.263 e. The van der Waals surface area contributed by atoms with Gasteiger partial charge in [-0.1, -0.05) is 62.6 Å². The first kappa shape index (κ1) is 20.6. The minimum absolute atomic E-state index is 0.0958. The second-order valence-corrected chi connectivity index (χ2v) is 8.43. The Bertz CT molecular complexity index is 805. The maximum absolute atomic E-state index is 14.0. The molecule has 0 aliphatic carbocycles. The van der Waals surface area contributed by atoms with E-state index in [0.717, 1.165) is 50.1 Å².